The topological polar surface area (TPSA) is 54.0 Å². The number of rotatable bonds is 5. The summed E-state index contributed by atoms with van der Waals surface area (Å²) in [5.41, 5.74) is 0.946. The zero-order chi connectivity index (χ0) is 11.3. The highest BCUT2D eigenvalue weighted by atomic mass is 35.5. The van der Waals surface area contributed by atoms with Crippen LogP contribution in [-0.2, 0) is 11.2 Å². The van der Waals surface area contributed by atoms with Crippen LogP contribution in [-0.4, -0.2) is 24.5 Å². The molecule has 1 atom stereocenters. The van der Waals surface area contributed by atoms with Crippen LogP contribution in [0.5, 0.6) is 0 Å². The SMILES string of the molecule is CCc1nc(C(C)NC(=O)CNC)cs1.Cl. The van der Waals surface area contributed by atoms with Gasteiger partial charge in [-0.3, -0.25) is 4.79 Å². The second-order valence-electron chi connectivity index (χ2n) is 3.34. The number of aryl methyl sites for hydroxylation is 1. The van der Waals surface area contributed by atoms with Gasteiger partial charge in [0, 0.05) is 5.38 Å². The Bertz CT molecular complexity index is 330. The van der Waals surface area contributed by atoms with E-state index < -0.39 is 0 Å². The molecule has 1 heterocycles. The molecule has 0 bridgehead atoms. The lowest BCUT2D eigenvalue weighted by Crippen LogP contribution is -2.34. The molecule has 0 aliphatic carbocycles. The first kappa shape index (κ1) is 15.3. The summed E-state index contributed by atoms with van der Waals surface area (Å²) in [6.45, 7) is 4.37. The second-order valence-corrected chi connectivity index (χ2v) is 4.28. The number of hydrogen-bond donors (Lipinski definition) is 2. The molecule has 1 aromatic rings. The van der Waals surface area contributed by atoms with E-state index in [0.29, 0.717) is 6.54 Å². The van der Waals surface area contributed by atoms with Gasteiger partial charge in [-0.25, -0.2) is 4.98 Å². The number of amides is 1. The molecular weight excluding hydrogens is 246 g/mol. The maximum Gasteiger partial charge on any atom is 0.234 e. The van der Waals surface area contributed by atoms with Crippen molar-refractivity contribution in [1.82, 2.24) is 15.6 Å². The highest BCUT2D eigenvalue weighted by molar-refractivity contribution is 7.09. The van der Waals surface area contributed by atoms with Crippen LogP contribution in [0.15, 0.2) is 5.38 Å². The van der Waals surface area contributed by atoms with E-state index in [2.05, 4.69) is 22.5 Å². The minimum absolute atomic E-state index is 0. The highest BCUT2D eigenvalue weighted by Gasteiger charge is 2.11. The first-order valence-corrected chi connectivity index (χ1v) is 5.93. The van der Waals surface area contributed by atoms with Gasteiger partial charge in [-0.15, -0.1) is 23.7 Å². The minimum atomic E-state index is -0.0117. The van der Waals surface area contributed by atoms with Gasteiger partial charge in [0.1, 0.15) is 0 Å². The summed E-state index contributed by atoms with van der Waals surface area (Å²) < 4.78 is 0. The first-order chi connectivity index (χ1) is 7.17. The molecule has 92 valence electrons. The van der Waals surface area contributed by atoms with Crippen molar-refractivity contribution >= 4 is 29.7 Å². The minimum Gasteiger partial charge on any atom is -0.347 e. The number of nitrogens with zero attached hydrogens (tertiary/aromatic N) is 1. The third-order valence-corrected chi connectivity index (χ3v) is 3.04. The molecule has 1 unspecified atom stereocenters. The normalized spacial score (nSPS) is 11.7. The summed E-state index contributed by atoms with van der Waals surface area (Å²) in [5.74, 6) is -0.00366. The maximum absolute atomic E-state index is 11.3. The fraction of sp³-hybridized carbons (Fsp3) is 0.600. The zero-order valence-corrected chi connectivity index (χ0v) is 11.4. The molecule has 6 heteroatoms. The first-order valence-electron chi connectivity index (χ1n) is 5.05. The van der Waals surface area contributed by atoms with Crippen molar-refractivity contribution in [3.63, 3.8) is 0 Å². The molecule has 1 amide bonds. The molecule has 1 rings (SSSR count). The van der Waals surface area contributed by atoms with Crippen molar-refractivity contribution in [2.24, 2.45) is 0 Å². The Morgan fingerprint density at radius 3 is 2.81 bits per heavy atom. The monoisotopic (exact) mass is 263 g/mol. The van der Waals surface area contributed by atoms with E-state index in [1.807, 2.05) is 12.3 Å². The molecule has 0 aromatic carbocycles. The number of carbonyl (C=O) groups is 1. The van der Waals surface area contributed by atoms with Crippen LogP contribution in [0.3, 0.4) is 0 Å². The van der Waals surface area contributed by atoms with E-state index in [1.165, 1.54) is 0 Å². The molecule has 0 fully saturated rings. The predicted octanol–water partition coefficient (Wildman–Crippen LogP) is 1.52. The summed E-state index contributed by atoms with van der Waals surface area (Å²) in [6, 6.07) is -0.0117. The quantitative estimate of drug-likeness (QED) is 0.847. The molecule has 16 heavy (non-hydrogen) atoms. The third kappa shape index (κ3) is 4.47. The summed E-state index contributed by atoms with van der Waals surface area (Å²) in [5, 5.41) is 8.80. The number of likely N-dealkylation sites (N-methyl/N-ethyl adjacent to an activating group) is 1. The zero-order valence-electron chi connectivity index (χ0n) is 9.74. The van der Waals surface area contributed by atoms with Crippen LogP contribution in [0.1, 0.15) is 30.6 Å². The van der Waals surface area contributed by atoms with Crippen LogP contribution in [0.25, 0.3) is 0 Å². The standard InChI is InChI=1S/C10H17N3OS.ClH/c1-4-10-13-8(6-15-10)7(2)12-9(14)5-11-3;/h6-7,11H,4-5H2,1-3H3,(H,12,14);1H. The smallest absolute Gasteiger partial charge is 0.234 e. The molecule has 0 aliphatic rings. The van der Waals surface area contributed by atoms with Crippen molar-refractivity contribution < 1.29 is 4.79 Å². The Morgan fingerprint density at radius 2 is 2.31 bits per heavy atom. The van der Waals surface area contributed by atoms with Crippen LogP contribution < -0.4 is 10.6 Å². The summed E-state index contributed by atoms with van der Waals surface area (Å²) >= 11 is 1.64. The molecule has 1 aromatic heterocycles. The van der Waals surface area contributed by atoms with Crippen molar-refractivity contribution in [3.05, 3.63) is 16.1 Å². The highest BCUT2D eigenvalue weighted by Crippen LogP contribution is 2.16. The lowest BCUT2D eigenvalue weighted by Gasteiger charge is -2.10. The van der Waals surface area contributed by atoms with Gasteiger partial charge >= 0.3 is 0 Å². The fourth-order valence-electron chi connectivity index (χ4n) is 1.21. The van der Waals surface area contributed by atoms with Crippen LogP contribution >= 0.6 is 23.7 Å². The molecular formula is C10H18ClN3OS. The molecule has 0 spiro atoms. The summed E-state index contributed by atoms with van der Waals surface area (Å²) in [4.78, 5) is 15.7. The van der Waals surface area contributed by atoms with Gasteiger partial charge in [0.2, 0.25) is 5.91 Å². The van der Waals surface area contributed by atoms with Crippen molar-refractivity contribution in [3.8, 4) is 0 Å². The van der Waals surface area contributed by atoms with Gasteiger partial charge in [-0.2, -0.15) is 0 Å². The number of nitrogens with one attached hydrogen (secondary N) is 2. The Morgan fingerprint density at radius 1 is 1.62 bits per heavy atom. The Balaban J connectivity index is 0.00000225. The Kier molecular flexibility index (Phi) is 7.29. The van der Waals surface area contributed by atoms with Crippen LogP contribution in [0.4, 0.5) is 0 Å². The van der Waals surface area contributed by atoms with Crippen molar-refractivity contribution in [2.45, 2.75) is 26.3 Å². The van der Waals surface area contributed by atoms with Crippen molar-refractivity contribution in [2.75, 3.05) is 13.6 Å². The summed E-state index contributed by atoms with van der Waals surface area (Å²) in [6.07, 6.45) is 0.946. The molecule has 0 radical (unpaired) electrons. The number of aromatic nitrogens is 1. The Labute approximate surface area is 106 Å². The van der Waals surface area contributed by atoms with Gasteiger partial charge in [-0.1, -0.05) is 6.92 Å². The summed E-state index contributed by atoms with van der Waals surface area (Å²) in [7, 11) is 1.75. The van der Waals surface area contributed by atoms with E-state index in [4.69, 9.17) is 0 Å². The van der Waals surface area contributed by atoms with E-state index >= 15 is 0 Å². The maximum atomic E-state index is 11.3. The van der Waals surface area contributed by atoms with E-state index in [1.54, 1.807) is 18.4 Å². The lowest BCUT2D eigenvalue weighted by molar-refractivity contribution is -0.120. The average Bonchev–Trinajstić information content (AvgIpc) is 2.66. The third-order valence-electron chi connectivity index (χ3n) is 2.03. The van der Waals surface area contributed by atoms with Crippen LogP contribution in [0, 0.1) is 0 Å². The molecule has 2 N–H and O–H groups in total. The second kappa shape index (κ2) is 7.60. The number of carbonyl (C=O) groups excluding carboxylic acids is 1. The van der Waals surface area contributed by atoms with Crippen LogP contribution in [0.2, 0.25) is 0 Å². The van der Waals surface area contributed by atoms with E-state index in [-0.39, 0.29) is 24.4 Å². The number of halogens is 1. The molecule has 4 nitrogen and oxygen atoms in total. The predicted molar refractivity (Wildman–Crippen MR) is 69.2 cm³/mol. The average molecular weight is 264 g/mol. The van der Waals surface area contributed by atoms with Gasteiger partial charge in [0.05, 0.1) is 23.3 Å². The van der Waals surface area contributed by atoms with Gasteiger partial charge < -0.3 is 10.6 Å². The fourth-order valence-corrected chi connectivity index (χ4v) is 2.05. The molecule has 0 aliphatic heterocycles. The number of hydrogen-bond acceptors (Lipinski definition) is 4. The van der Waals surface area contributed by atoms with E-state index in [9.17, 15) is 4.79 Å². The lowest BCUT2D eigenvalue weighted by atomic mass is 10.2. The molecule has 0 saturated carbocycles. The Hall–Kier alpha value is -0.650. The largest absolute Gasteiger partial charge is 0.347 e. The van der Waals surface area contributed by atoms with E-state index in [0.717, 1.165) is 17.1 Å². The van der Waals surface area contributed by atoms with Gasteiger partial charge in [0.25, 0.3) is 0 Å². The molecule has 0 saturated heterocycles. The number of thiazole rings is 1. The van der Waals surface area contributed by atoms with Gasteiger partial charge in [0.15, 0.2) is 0 Å². The van der Waals surface area contributed by atoms with Crippen molar-refractivity contribution in [1.29, 1.82) is 0 Å². The van der Waals surface area contributed by atoms with Gasteiger partial charge in [-0.05, 0) is 20.4 Å².